The van der Waals surface area contributed by atoms with Crippen LogP contribution in [-0.2, 0) is 4.74 Å². The zero-order valence-electron chi connectivity index (χ0n) is 4.96. The zero-order valence-corrected chi connectivity index (χ0v) is 4.96. The lowest BCUT2D eigenvalue weighted by Gasteiger charge is -2.35. The van der Waals surface area contributed by atoms with Crippen molar-refractivity contribution in [2.75, 3.05) is 19.7 Å². The van der Waals surface area contributed by atoms with Gasteiger partial charge in [0.2, 0.25) is 0 Å². The molecule has 0 N–H and O–H groups in total. The van der Waals surface area contributed by atoms with Crippen LogP contribution in [0.2, 0.25) is 0 Å². The molecule has 3 heteroatoms. The summed E-state index contributed by atoms with van der Waals surface area (Å²) in [4.78, 5) is 0. The predicted octanol–water partition coefficient (Wildman–Crippen LogP) is 0.205. The Labute approximate surface area is 48.8 Å². The van der Waals surface area contributed by atoms with Crippen LogP contribution in [0.5, 0.6) is 0 Å². The third kappa shape index (κ3) is 1.43. The van der Waals surface area contributed by atoms with Crippen molar-refractivity contribution < 1.29 is 4.74 Å². The van der Waals surface area contributed by atoms with Gasteiger partial charge in [0.1, 0.15) is 0 Å². The third-order valence-corrected chi connectivity index (χ3v) is 1.20. The molecule has 48 valence electrons. The van der Waals surface area contributed by atoms with Crippen molar-refractivity contribution in [2.24, 2.45) is 0 Å². The van der Waals surface area contributed by atoms with E-state index in [9.17, 15) is 5.21 Å². The van der Waals surface area contributed by atoms with Crippen LogP contribution in [0.3, 0.4) is 0 Å². The summed E-state index contributed by atoms with van der Waals surface area (Å²) < 4.78 is 5.11. The first-order valence-electron chi connectivity index (χ1n) is 2.83. The molecule has 1 rings (SSSR count). The Morgan fingerprint density at radius 3 is 2.88 bits per heavy atom. The van der Waals surface area contributed by atoms with Gasteiger partial charge >= 0.3 is 0 Å². The van der Waals surface area contributed by atoms with E-state index in [4.69, 9.17) is 4.74 Å². The Balaban J connectivity index is 2.23. The molecule has 1 aliphatic heterocycles. The second-order valence-electron chi connectivity index (χ2n) is 2.07. The van der Waals surface area contributed by atoms with Crippen LogP contribution in [0.1, 0.15) is 6.92 Å². The molecule has 1 aliphatic rings. The molecule has 8 heavy (non-hydrogen) atoms. The van der Waals surface area contributed by atoms with Crippen LogP contribution in [0.4, 0.5) is 0 Å². The average Bonchev–Trinajstić information content (AvgIpc) is 1.64. The van der Waals surface area contributed by atoms with E-state index >= 15 is 0 Å². The van der Waals surface area contributed by atoms with E-state index in [1.807, 2.05) is 6.92 Å². The number of hydrogen-bond acceptors (Lipinski definition) is 3. The molecule has 0 bridgehead atoms. The van der Waals surface area contributed by atoms with Crippen molar-refractivity contribution in [2.45, 2.75) is 13.0 Å². The smallest absolute Gasteiger partial charge is 0.0665 e. The number of hydrogen-bond donors (Lipinski definition) is 0. The van der Waals surface area contributed by atoms with Gasteiger partial charge in [-0.05, 0) is 6.92 Å². The number of morpholine rings is 1. The fraction of sp³-hybridized carbons (Fsp3) is 1.00. The maximum absolute atomic E-state index is 10.5. The summed E-state index contributed by atoms with van der Waals surface area (Å²) in [6, 6.07) is 0. The fourth-order valence-corrected chi connectivity index (χ4v) is 0.786. The molecule has 0 radical (unpaired) electrons. The Hall–Kier alpha value is -0.120. The lowest BCUT2D eigenvalue weighted by atomic mass is 10.3. The van der Waals surface area contributed by atoms with E-state index in [0.717, 1.165) is 5.06 Å². The highest BCUT2D eigenvalue weighted by molar-refractivity contribution is 4.66. The predicted molar refractivity (Wildman–Crippen MR) is 30.4 cm³/mol. The normalized spacial score (nSPS) is 33.0. The van der Waals surface area contributed by atoms with Gasteiger partial charge in [-0.3, -0.25) is 0 Å². The molecule has 1 saturated heterocycles. The Kier molecular flexibility index (Phi) is 1.83. The van der Waals surface area contributed by atoms with Gasteiger partial charge in [0.15, 0.2) is 0 Å². The summed E-state index contributed by atoms with van der Waals surface area (Å²) in [5.74, 6) is 0. The molecule has 0 unspecified atom stereocenters. The van der Waals surface area contributed by atoms with Crippen molar-refractivity contribution in [3.05, 3.63) is 5.21 Å². The molecule has 0 spiro atoms. The lowest BCUT2D eigenvalue weighted by Crippen LogP contribution is -2.37. The van der Waals surface area contributed by atoms with Gasteiger partial charge in [-0.15, -0.1) is 0 Å². The van der Waals surface area contributed by atoms with Crippen molar-refractivity contribution >= 4 is 0 Å². The standard InChI is InChI=1S/C5H10NO2/c1-5-4-6(7)2-3-8-5/h5H,2-4H2,1H3/q-1/t5-/m0/s1. The second-order valence-corrected chi connectivity index (χ2v) is 2.07. The zero-order chi connectivity index (χ0) is 5.98. The Morgan fingerprint density at radius 2 is 2.50 bits per heavy atom. The number of ether oxygens (including phenoxy) is 1. The molecule has 0 aromatic carbocycles. The Bertz CT molecular complexity index is 68.8. The molecule has 3 nitrogen and oxygen atoms in total. The quantitative estimate of drug-likeness (QED) is 0.453. The summed E-state index contributed by atoms with van der Waals surface area (Å²) in [5.41, 5.74) is 0. The highest BCUT2D eigenvalue weighted by atomic mass is 16.5. The van der Waals surface area contributed by atoms with Gasteiger partial charge < -0.3 is 15.0 Å². The summed E-state index contributed by atoms with van der Waals surface area (Å²) >= 11 is 0. The lowest BCUT2D eigenvalue weighted by molar-refractivity contribution is -0.00121. The van der Waals surface area contributed by atoms with Crippen LogP contribution in [0.25, 0.3) is 0 Å². The van der Waals surface area contributed by atoms with Crippen molar-refractivity contribution in [3.63, 3.8) is 0 Å². The Morgan fingerprint density at radius 1 is 1.75 bits per heavy atom. The molecule has 1 atom stereocenters. The summed E-state index contributed by atoms with van der Waals surface area (Å²) in [5, 5.41) is 11.5. The maximum atomic E-state index is 10.5. The molecular formula is C5H10NO2-. The van der Waals surface area contributed by atoms with Crippen molar-refractivity contribution in [1.29, 1.82) is 0 Å². The first-order chi connectivity index (χ1) is 3.79. The van der Waals surface area contributed by atoms with Crippen LogP contribution >= 0.6 is 0 Å². The highest BCUT2D eigenvalue weighted by Crippen LogP contribution is 2.00. The fourth-order valence-electron chi connectivity index (χ4n) is 0.786. The van der Waals surface area contributed by atoms with E-state index in [-0.39, 0.29) is 6.10 Å². The molecule has 0 aromatic rings. The minimum absolute atomic E-state index is 0.126. The average molecular weight is 116 g/mol. The van der Waals surface area contributed by atoms with Gasteiger partial charge in [-0.25, -0.2) is 0 Å². The van der Waals surface area contributed by atoms with Crippen molar-refractivity contribution in [1.82, 2.24) is 5.06 Å². The third-order valence-electron chi connectivity index (χ3n) is 1.20. The van der Waals surface area contributed by atoms with E-state index in [1.165, 1.54) is 0 Å². The number of nitrogens with zero attached hydrogens (tertiary/aromatic N) is 1. The highest BCUT2D eigenvalue weighted by Gasteiger charge is 2.07. The minimum Gasteiger partial charge on any atom is -0.785 e. The number of hydroxylamine groups is 2. The number of rotatable bonds is 0. The van der Waals surface area contributed by atoms with E-state index in [1.54, 1.807) is 0 Å². The van der Waals surface area contributed by atoms with Gasteiger partial charge in [0.25, 0.3) is 0 Å². The van der Waals surface area contributed by atoms with Crippen molar-refractivity contribution in [3.8, 4) is 0 Å². The van der Waals surface area contributed by atoms with Gasteiger partial charge in [-0.1, -0.05) is 0 Å². The molecule has 0 saturated carbocycles. The largest absolute Gasteiger partial charge is 0.785 e. The summed E-state index contributed by atoms with van der Waals surface area (Å²) in [7, 11) is 0. The minimum atomic E-state index is 0.126. The maximum Gasteiger partial charge on any atom is 0.0665 e. The summed E-state index contributed by atoms with van der Waals surface area (Å²) in [6.07, 6.45) is 0.126. The van der Waals surface area contributed by atoms with Crippen LogP contribution < -0.4 is 0 Å². The molecule has 0 amide bonds. The molecule has 1 heterocycles. The molecule has 0 aromatic heterocycles. The first-order valence-corrected chi connectivity index (χ1v) is 2.83. The molecule has 1 fully saturated rings. The van der Waals surface area contributed by atoms with E-state index in [0.29, 0.717) is 19.7 Å². The summed E-state index contributed by atoms with van der Waals surface area (Å²) in [6.45, 7) is 3.55. The van der Waals surface area contributed by atoms with Gasteiger partial charge in [0, 0.05) is 13.1 Å². The van der Waals surface area contributed by atoms with Crippen LogP contribution in [0, 0.1) is 5.21 Å². The second kappa shape index (κ2) is 2.44. The van der Waals surface area contributed by atoms with E-state index in [2.05, 4.69) is 0 Å². The monoisotopic (exact) mass is 116 g/mol. The SMILES string of the molecule is C[C@H]1CN([O-])CCO1. The van der Waals surface area contributed by atoms with Gasteiger partial charge in [0.05, 0.1) is 12.7 Å². The molecular weight excluding hydrogens is 106 g/mol. The van der Waals surface area contributed by atoms with Crippen LogP contribution in [-0.4, -0.2) is 30.9 Å². The first kappa shape index (κ1) is 6.01. The van der Waals surface area contributed by atoms with Gasteiger partial charge in [-0.2, -0.15) is 0 Å². The molecule has 0 aliphatic carbocycles. The topological polar surface area (TPSA) is 35.5 Å². The van der Waals surface area contributed by atoms with Crippen LogP contribution in [0.15, 0.2) is 0 Å². The van der Waals surface area contributed by atoms with E-state index < -0.39 is 0 Å².